The number of carbonyl (C=O) groups is 1. The summed E-state index contributed by atoms with van der Waals surface area (Å²) in [5, 5.41) is 4.05. The molecule has 10 heteroatoms. The van der Waals surface area contributed by atoms with Gasteiger partial charge < -0.3 is 10.1 Å². The molecule has 0 unspecified atom stereocenters. The molecule has 0 aliphatic carbocycles. The monoisotopic (exact) mass is 462 g/mol. The summed E-state index contributed by atoms with van der Waals surface area (Å²) in [7, 11) is -3.45. The zero-order valence-corrected chi connectivity index (χ0v) is 19.6. The van der Waals surface area contributed by atoms with Crippen LogP contribution in [0.25, 0.3) is 10.2 Å². The molecule has 0 aliphatic rings. The molecule has 31 heavy (non-hydrogen) atoms. The van der Waals surface area contributed by atoms with Gasteiger partial charge in [-0.15, -0.1) is 11.3 Å². The number of fused-ring (bicyclic) bond motifs is 1. The van der Waals surface area contributed by atoms with E-state index in [-0.39, 0.29) is 17.8 Å². The van der Waals surface area contributed by atoms with Crippen molar-refractivity contribution in [2.45, 2.75) is 46.0 Å². The van der Waals surface area contributed by atoms with Crippen molar-refractivity contribution in [1.82, 2.24) is 14.7 Å². The van der Waals surface area contributed by atoms with Gasteiger partial charge in [0.05, 0.1) is 17.7 Å². The van der Waals surface area contributed by atoms with Crippen molar-refractivity contribution in [2.75, 3.05) is 11.9 Å². The Morgan fingerprint density at radius 2 is 1.90 bits per heavy atom. The van der Waals surface area contributed by atoms with Crippen LogP contribution in [-0.4, -0.2) is 37.0 Å². The van der Waals surface area contributed by atoms with Crippen LogP contribution in [0, 0.1) is 6.92 Å². The molecule has 3 aromatic rings. The second-order valence-electron chi connectivity index (χ2n) is 7.33. The number of ether oxygens (including phenoxy) is 1. The van der Waals surface area contributed by atoms with E-state index in [9.17, 15) is 13.2 Å². The number of sulfonamides is 1. The Bertz CT molecular complexity index is 1190. The number of benzene rings is 1. The van der Waals surface area contributed by atoms with Gasteiger partial charge in [0.2, 0.25) is 10.0 Å². The Labute approximate surface area is 186 Å². The van der Waals surface area contributed by atoms with Crippen molar-refractivity contribution in [3.63, 3.8) is 0 Å². The minimum atomic E-state index is -3.45. The van der Waals surface area contributed by atoms with Crippen LogP contribution in [0.15, 0.2) is 30.6 Å². The third kappa shape index (κ3) is 5.57. The van der Waals surface area contributed by atoms with Crippen molar-refractivity contribution in [1.29, 1.82) is 0 Å². The Kier molecular flexibility index (Phi) is 7.24. The summed E-state index contributed by atoms with van der Waals surface area (Å²) in [6, 6.07) is 7.21. The zero-order chi connectivity index (χ0) is 22.6. The highest BCUT2D eigenvalue weighted by molar-refractivity contribution is 7.88. The summed E-state index contributed by atoms with van der Waals surface area (Å²) in [6.45, 7) is 7.87. The standard InChI is InChI=1S/C21H26N4O4S2/c1-5-29-21(26)18-14(4)17-19(23-12-24-20(17)30-18)22-10-15-8-6-7-9-16(15)11-31(27,28)25-13(2)3/h6-9,12-13,25H,5,10-11H2,1-4H3,(H,22,23,24). The molecule has 0 saturated heterocycles. The number of aromatic nitrogens is 2. The van der Waals surface area contributed by atoms with Gasteiger partial charge in [-0.2, -0.15) is 0 Å². The van der Waals surface area contributed by atoms with E-state index in [1.807, 2.05) is 25.1 Å². The van der Waals surface area contributed by atoms with Crippen LogP contribution in [0.4, 0.5) is 5.82 Å². The highest BCUT2D eigenvalue weighted by atomic mass is 32.2. The predicted octanol–water partition coefficient (Wildman–Crippen LogP) is 3.62. The highest BCUT2D eigenvalue weighted by Gasteiger charge is 2.20. The molecule has 0 bridgehead atoms. The number of rotatable bonds is 9. The number of anilines is 1. The first-order valence-electron chi connectivity index (χ1n) is 9.93. The van der Waals surface area contributed by atoms with Gasteiger partial charge >= 0.3 is 5.97 Å². The molecule has 0 spiro atoms. The molecule has 0 aliphatic heterocycles. The van der Waals surface area contributed by atoms with E-state index < -0.39 is 10.0 Å². The molecule has 0 fully saturated rings. The average molecular weight is 463 g/mol. The smallest absolute Gasteiger partial charge is 0.348 e. The van der Waals surface area contributed by atoms with Crippen LogP contribution in [0.5, 0.6) is 0 Å². The second-order valence-corrected chi connectivity index (χ2v) is 10.1. The van der Waals surface area contributed by atoms with Gasteiger partial charge in [0.1, 0.15) is 21.9 Å². The minimum absolute atomic E-state index is 0.104. The topological polar surface area (TPSA) is 110 Å². The molecule has 2 heterocycles. The number of thiophene rings is 1. The molecular formula is C21H26N4O4S2. The molecule has 0 radical (unpaired) electrons. The van der Waals surface area contributed by atoms with Crippen molar-refractivity contribution >= 4 is 43.4 Å². The average Bonchev–Trinajstić information content (AvgIpc) is 3.03. The van der Waals surface area contributed by atoms with E-state index in [4.69, 9.17) is 4.74 Å². The fraction of sp³-hybridized carbons (Fsp3) is 0.381. The second kappa shape index (κ2) is 9.71. The minimum Gasteiger partial charge on any atom is -0.462 e. The molecule has 1 aromatic carbocycles. The van der Waals surface area contributed by atoms with E-state index >= 15 is 0 Å². The maximum absolute atomic E-state index is 12.4. The summed E-state index contributed by atoms with van der Waals surface area (Å²) < 4.78 is 32.5. The van der Waals surface area contributed by atoms with Gasteiger partial charge in [-0.1, -0.05) is 24.3 Å². The predicted molar refractivity (Wildman–Crippen MR) is 123 cm³/mol. The van der Waals surface area contributed by atoms with Gasteiger partial charge in [-0.05, 0) is 44.4 Å². The van der Waals surface area contributed by atoms with Crippen LogP contribution in [0.3, 0.4) is 0 Å². The Morgan fingerprint density at radius 1 is 1.19 bits per heavy atom. The first-order valence-corrected chi connectivity index (χ1v) is 12.4. The fourth-order valence-corrected chi connectivity index (χ4v) is 5.79. The normalized spacial score (nSPS) is 11.8. The Hall–Kier alpha value is -2.56. The number of hydrogen-bond acceptors (Lipinski definition) is 8. The van der Waals surface area contributed by atoms with Crippen molar-refractivity contribution in [3.05, 3.63) is 52.2 Å². The number of nitrogens with zero attached hydrogens (tertiary/aromatic N) is 2. The molecule has 2 aromatic heterocycles. The van der Waals surface area contributed by atoms with Gasteiger partial charge in [0, 0.05) is 12.6 Å². The third-order valence-corrected chi connectivity index (χ3v) is 7.21. The van der Waals surface area contributed by atoms with Gasteiger partial charge in [-0.3, -0.25) is 0 Å². The lowest BCUT2D eigenvalue weighted by molar-refractivity contribution is 0.0531. The van der Waals surface area contributed by atoms with Gasteiger partial charge in [0.15, 0.2) is 0 Å². The van der Waals surface area contributed by atoms with Crippen LogP contribution in [0.1, 0.15) is 47.1 Å². The number of nitrogens with one attached hydrogen (secondary N) is 2. The lowest BCUT2D eigenvalue weighted by atomic mass is 10.1. The maximum Gasteiger partial charge on any atom is 0.348 e. The molecule has 2 N–H and O–H groups in total. The summed E-state index contributed by atoms with van der Waals surface area (Å²) >= 11 is 1.27. The number of esters is 1. The van der Waals surface area contributed by atoms with Crippen molar-refractivity contribution in [2.24, 2.45) is 0 Å². The Morgan fingerprint density at radius 3 is 2.58 bits per heavy atom. The van der Waals surface area contributed by atoms with Crippen molar-refractivity contribution in [3.8, 4) is 0 Å². The van der Waals surface area contributed by atoms with Crippen LogP contribution < -0.4 is 10.0 Å². The number of carbonyl (C=O) groups excluding carboxylic acids is 1. The molecule has 0 saturated carbocycles. The fourth-order valence-electron chi connectivity index (χ4n) is 3.25. The summed E-state index contributed by atoms with van der Waals surface area (Å²) in [4.78, 5) is 22.1. The van der Waals surface area contributed by atoms with E-state index in [1.54, 1.807) is 26.8 Å². The molecule has 8 nitrogen and oxygen atoms in total. The largest absolute Gasteiger partial charge is 0.462 e. The van der Waals surface area contributed by atoms with E-state index in [0.717, 1.165) is 16.5 Å². The van der Waals surface area contributed by atoms with Crippen LogP contribution in [0.2, 0.25) is 0 Å². The van der Waals surface area contributed by atoms with Crippen LogP contribution >= 0.6 is 11.3 Å². The third-order valence-electron chi connectivity index (χ3n) is 4.51. The summed E-state index contributed by atoms with van der Waals surface area (Å²) in [5.74, 6) is 0.113. The molecule has 0 atom stereocenters. The van der Waals surface area contributed by atoms with E-state index in [0.29, 0.717) is 34.2 Å². The van der Waals surface area contributed by atoms with E-state index in [1.165, 1.54) is 17.7 Å². The lowest BCUT2D eigenvalue weighted by Crippen LogP contribution is -2.31. The number of aryl methyl sites for hydroxylation is 1. The highest BCUT2D eigenvalue weighted by Crippen LogP contribution is 2.34. The Balaban J connectivity index is 1.86. The summed E-state index contributed by atoms with van der Waals surface area (Å²) in [5.41, 5.74) is 2.32. The molecular weight excluding hydrogens is 436 g/mol. The van der Waals surface area contributed by atoms with E-state index in [2.05, 4.69) is 20.0 Å². The molecule has 3 rings (SSSR count). The zero-order valence-electron chi connectivity index (χ0n) is 17.9. The lowest BCUT2D eigenvalue weighted by Gasteiger charge is -2.14. The maximum atomic E-state index is 12.4. The van der Waals surface area contributed by atoms with Gasteiger partial charge in [-0.25, -0.2) is 27.9 Å². The van der Waals surface area contributed by atoms with Gasteiger partial charge in [0.25, 0.3) is 0 Å². The molecule has 0 amide bonds. The first-order chi connectivity index (χ1) is 14.7. The van der Waals surface area contributed by atoms with Crippen molar-refractivity contribution < 1.29 is 17.9 Å². The molecule has 166 valence electrons. The van der Waals surface area contributed by atoms with Crippen LogP contribution in [-0.2, 0) is 27.1 Å². The first kappa shape index (κ1) is 23.1. The summed E-state index contributed by atoms with van der Waals surface area (Å²) in [6.07, 6.45) is 1.44. The quantitative estimate of drug-likeness (QED) is 0.467. The SMILES string of the molecule is CCOC(=O)c1sc2ncnc(NCc3ccccc3CS(=O)(=O)NC(C)C)c2c1C. The number of hydrogen-bond donors (Lipinski definition) is 2.